The summed E-state index contributed by atoms with van der Waals surface area (Å²) in [6, 6.07) is 13.0. The number of anilines is 1. The molecule has 1 saturated heterocycles. The molecule has 0 aliphatic carbocycles. The number of likely N-dealkylation sites (tertiary alicyclic amines) is 1. The smallest absolute Gasteiger partial charge is 0.230 e. The Kier molecular flexibility index (Phi) is 6.41. The number of piperidine rings is 1. The summed E-state index contributed by atoms with van der Waals surface area (Å²) in [5.74, 6) is -0.126. The first-order valence-electron chi connectivity index (χ1n) is 9.78. The number of nitrogens with zero attached hydrogens (tertiary/aromatic N) is 2. The topological polar surface area (TPSA) is 88.3 Å². The lowest BCUT2D eigenvalue weighted by Gasteiger charge is -2.35. The number of hydrogen-bond donors (Lipinski definition) is 2. The number of nitrogens with one attached hydrogen (secondary N) is 1. The van der Waals surface area contributed by atoms with E-state index < -0.39 is 0 Å². The second kappa shape index (κ2) is 8.97. The van der Waals surface area contributed by atoms with Gasteiger partial charge in [0.05, 0.1) is 11.8 Å². The summed E-state index contributed by atoms with van der Waals surface area (Å²) in [6.07, 6.45) is 3.29. The summed E-state index contributed by atoms with van der Waals surface area (Å²) in [7, 11) is 0. The fraction of sp³-hybridized carbons (Fsp3) is 0.409. The van der Waals surface area contributed by atoms with Gasteiger partial charge in [-0.1, -0.05) is 43.3 Å². The van der Waals surface area contributed by atoms with Gasteiger partial charge in [0.25, 0.3) is 0 Å². The molecular formula is C22H28N4O2. The molecule has 3 N–H and O–H groups in total. The Bertz CT molecular complexity index is 807. The summed E-state index contributed by atoms with van der Waals surface area (Å²) >= 11 is 0. The van der Waals surface area contributed by atoms with E-state index in [0.717, 1.165) is 24.0 Å². The Morgan fingerprint density at radius 1 is 1.21 bits per heavy atom. The average molecular weight is 380 g/mol. The Hall–Kier alpha value is -2.73. The molecule has 6 nitrogen and oxygen atoms in total. The highest BCUT2D eigenvalue weighted by Gasteiger charge is 2.32. The lowest BCUT2D eigenvalue weighted by molar-refractivity contribution is -0.138. The quantitative estimate of drug-likeness (QED) is 0.835. The fourth-order valence-corrected chi connectivity index (χ4v) is 3.57. The van der Waals surface area contributed by atoms with Gasteiger partial charge in [0, 0.05) is 25.3 Å². The summed E-state index contributed by atoms with van der Waals surface area (Å²) < 4.78 is 0. The normalized spacial score (nSPS) is 19.0. The van der Waals surface area contributed by atoms with E-state index in [2.05, 4.69) is 10.3 Å². The average Bonchev–Trinajstić information content (AvgIpc) is 2.74. The van der Waals surface area contributed by atoms with Crippen molar-refractivity contribution >= 4 is 17.6 Å². The van der Waals surface area contributed by atoms with Crippen molar-refractivity contribution in [1.82, 2.24) is 9.88 Å². The van der Waals surface area contributed by atoms with Crippen LogP contribution in [0.2, 0.25) is 0 Å². The lowest BCUT2D eigenvalue weighted by atomic mass is 9.91. The molecule has 148 valence electrons. The predicted octanol–water partition coefficient (Wildman–Crippen LogP) is 2.90. The van der Waals surface area contributed by atoms with Crippen molar-refractivity contribution in [2.45, 2.75) is 32.7 Å². The van der Waals surface area contributed by atoms with E-state index in [1.54, 1.807) is 17.2 Å². The summed E-state index contributed by atoms with van der Waals surface area (Å²) in [5.41, 5.74) is 8.30. The van der Waals surface area contributed by atoms with Crippen LogP contribution >= 0.6 is 0 Å². The molecule has 1 aromatic carbocycles. The number of pyridine rings is 1. The highest BCUT2D eigenvalue weighted by molar-refractivity contribution is 5.92. The third kappa shape index (κ3) is 4.75. The van der Waals surface area contributed by atoms with E-state index >= 15 is 0 Å². The predicted molar refractivity (Wildman–Crippen MR) is 109 cm³/mol. The molecule has 2 amide bonds. The first kappa shape index (κ1) is 20.0. The number of amides is 2. The van der Waals surface area contributed by atoms with Gasteiger partial charge >= 0.3 is 0 Å². The number of nitrogens with two attached hydrogens (primary N) is 1. The maximum atomic E-state index is 13.0. The molecule has 1 aliphatic rings. The number of benzene rings is 1. The van der Waals surface area contributed by atoms with Crippen LogP contribution in [0.3, 0.4) is 0 Å². The van der Waals surface area contributed by atoms with Crippen LogP contribution in [0, 0.1) is 18.8 Å². The van der Waals surface area contributed by atoms with E-state index in [-0.39, 0.29) is 29.7 Å². The van der Waals surface area contributed by atoms with E-state index in [9.17, 15) is 9.59 Å². The zero-order chi connectivity index (χ0) is 20.1. The van der Waals surface area contributed by atoms with Crippen molar-refractivity contribution in [3.63, 3.8) is 0 Å². The first-order valence-corrected chi connectivity index (χ1v) is 9.78. The minimum atomic E-state index is -0.361. The molecule has 0 spiro atoms. The molecule has 2 heterocycles. The third-order valence-corrected chi connectivity index (χ3v) is 5.38. The zero-order valence-electron chi connectivity index (χ0n) is 16.5. The van der Waals surface area contributed by atoms with Crippen LogP contribution in [0.5, 0.6) is 0 Å². The van der Waals surface area contributed by atoms with Gasteiger partial charge < -0.3 is 16.0 Å². The van der Waals surface area contributed by atoms with Crippen molar-refractivity contribution in [3.05, 3.63) is 59.8 Å². The Labute approximate surface area is 166 Å². The van der Waals surface area contributed by atoms with E-state index in [0.29, 0.717) is 18.9 Å². The van der Waals surface area contributed by atoms with Crippen LogP contribution in [0.25, 0.3) is 0 Å². The molecule has 0 radical (unpaired) electrons. The second-order valence-electron chi connectivity index (χ2n) is 7.56. The number of carbonyl (C=O) groups excluding carboxylic acids is 2. The Morgan fingerprint density at radius 2 is 1.96 bits per heavy atom. The number of rotatable bonds is 5. The molecule has 0 bridgehead atoms. The van der Waals surface area contributed by atoms with Gasteiger partial charge in [-0.05, 0) is 37.0 Å². The van der Waals surface area contributed by atoms with Crippen LogP contribution in [-0.2, 0) is 9.59 Å². The molecule has 0 saturated carbocycles. The monoisotopic (exact) mass is 380 g/mol. The van der Waals surface area contributed by atoms with Crippen LogP contribution in [-0.4, -0.2) is 34.8 Å². The number of hydrogen-bond acceptors (Lipinski definition) is 4. The van der Waals surface area contributed by atoms with Gasteiger partial charge in [-0.2, -0.15) is 0 Å². The van der Waals surface area contributed by atoms with Crippen molar-refractivity contribution in [2.24, 2.45) is 17.6 Å². The van der Waals surface area contributed by atoms with Gasteiger partial charge in [0.15, 0.2) is 0 Å². The van der Waals surface area contributed by atoms with Crippen molar-refractivity contribution < 1.29 is 9.59 Å². The summed E-state index contributed by atoms with van der Waals surface area (Å²) in [6.45, 7) is 4.89. The summed E-state index contributed by atoms with van der Waals surface area (Å²) in [4.78, 5) is 31.6. The number of aryl methyl sites for hydroxylation is 1. The van der Waals surface area contributed by atoms with Crippen molar-refractivity contribution in [2.75, 3.05) is 18.4 Å². The molecule has 3 atom stereocenters. The second-order valence-corrected chi connectivity index (χ2v) is 7.56. The number of carbonyl (C=O) groups is 2. The molecule has 3 rings (SSSR count). The molecule has 1 fully saturated rings. The molecule has 2 aromatic rings. The van der Waals surface area contributed by atoms with Gasteiger partial charge in [-0.25, -0.2) is 4.98 Å². The van der Waals surface area contributed by atoms with Gasteiger partial charge in [-0.15, -0.1) is 0 Å². The molecule has 1 aliphatic heterocycles. The van der Waals surface area contributed by atoms with Crippen molar-refractivity contribution in [3.8, 4) is 0 Å². The number of aromatic nitrogens is 1. The van der Waals surface area contributed by atoms with E-state index in [1.807, 2.05) is 50.2 Å². The highest BCUT2D eigenvalue weighted by Crippen LogP contribution is 2.25. The minimum Gasteiger partial charge on any atom is -0.342 e. The van der Waals surface area contributed by atoms with Gasteiger partial charge in [0.1, 0.15) is 5.82 Å². The highest BCUT2D eigenvalue weighted by atomic mass is 16.2. The Morgan fingerprint density at radius 3 is 2.64 bits per heavy atom. The SMILES string of the molecule is Cc1ccc(NC(=O)C2CCCN(C(=O)C(C)C(N)c3ccccc3)C2)nc1. The maximum Gasteiger partial charge on any atom is 0.230 e. The van der Waals surface area contributed by atoms with E-state index in [1.165, 1.54) is 0 Å². The van der Waals surface area contributed by atoms with Gasteiger partial charge in [-0.3, -0.25) is 9.59 Å². The van der Waals surface area contributed by atoms with Crippen LogP contribution in [0.1, 0.15) is 36.9 Å². The standard InChI is InChI=1S/C22H28N4O2/c1-15-10-11-19(24-13-15)25-21(27)18-9-6-12-26(14-18)22(28)16(2)20(23)17-7-4-3-5-8-17/h3-5,7-8,10-11,13,16,18,20H,6,9,12,14,23H2,1-2H3,(H,24,25,27). The van der Waals surface area contributed by atoms with E-state index in [4.69, 9.17) is 5.73 Å². The molecule has 6 heteroatoms. The minimum absolute atomic E-state index is 0.00214. The molecule has 1 aromatic heterocycles. The molecule has 3 unspecified atom stereocenters. The zero-order valence-corrected chi connectivity index (χ0v) is 16.5. The van der Waals surface area contributed by atoms with Crippen LogP contribution in [0.15, 0.2) is 48.7 Å². The lowest BCUT2D eigenvalue weighted by Crippen LogP contribution is -2.47. The molecule has 28 heavy (non-hydrogen) atoms. The Balaban J connectivity index is 1.61. The largest absolute Gasteiger partial charge is 0.342 e. The third-order valence-electron chi connectivity index (χ3n) is 5.38. The fourth-order valence-electron chi connectivity index (χ4n) is 3.57. The summed E-state index contributed by atoms with van der Waals surface area (Å²) in [5, 5.41) is 2.86. The van der Waals surface area contributed by atoms with Crippen LogP contribution in [0.4, 0.5) is 5.82 Å². The maximum absolute atomic E-state index is 13.0. The molecular weight excluding hydrogens is 352 g/mol. The van der Waals surface area contributed by atoms with Crippen LogP contribution < -0.4 is 11.1 Å². The van der Waals surface area contributed by atoms with Gasteiger partial charge in [0.2, 0.25) is 11.8 Å². The first-order chi connectivity index (χ1) is 13.5. The van der Waals surface area contributed by atoms with Crippen molar-refractivity contribution in [1.29, 1.82) is 0 Å².